The van der Waals surface area contributed by atoms with Crippen molar-refractivity contribution in [2.45, 2.75) is 31.9 Å². The van der Waals surface area contributed by atoms with Crippen molar-refractivity contribution in [3.05, 3.63) is 21.9 Å². The molecule has 1 saturated heterocycles. The second-order valence-corrected chi connectivity index (χ2v) is 9.64. The van der Waals surface area contributed by atoms with Gasteiger partial charge in [-0.3, -0.25) is 9.59 Å². The lowest BCUT2D eigenvalue weighted by Crippen LogP contribution is -2.51. The molecule has 1 N–H and O–H groups in total. The highest BCUT2D eigenvalue weighted by atomic mass is 32.2. The number of nitrogens with one attached hydrogen (secondary N) is 1. The Hall–Kier alpha value is -1.45. The normalized spacial score (nSPS) is 23.6. The smallest absolute Gasteiger partial charge is 0.244 e. The van der Waals surface area contributed by atoms with Crippen LogP contribution in [0, 0.1) is 0 Å². The van der Waals surface area contributed by atoms with Gasteiger partial charge in [-0.15, -0.1) is 11.3 Å². The summed E-state index contributed by atoms with van der Waals surface area (Å²) in [6.07, 6.45) is 0.787. The Labute approximate surface area is 151 Å². The summed E-state index contributed by atoms with van der Waals surface area (Å²) in [5.74, 6) is -0.520. The van der Waals surface area contributed by atoms with E-state index in [1.165, 1.54) is 10.5 Å². The molecule has 2 amide bonds. The zero-order valence-corrected chi connectivity index (χ0v) is 15.7. The molecule has 0 saturated carbocycles. The van der Waals surface area contributed by atoms with Gasteiger partial charge in [0.05, 0.1) is 24.5 Å². The van der Waals surface area contributed by atoms with Gasteiger partial charge in [-0.05, 0) is 30.4 Å². The summed E-state index contributed by atoms with van der Waals surface area (Å²) in [7, 11) is -3.04. The number of fused-ring (bicyclic) bond motifs is 1. The van der Waals surface area contributed by atoms with E-state index in [4.69, 9.17) is 4.74 Å². The molecule has 0 aromatic carbocycles. The van der Waals surface area contributed by atoms with Crippen molar-refractivity contribution in [2.75, 3.05) is 31.2 Å². The standard InChI is InChI=1S/C16H22N2O5S2/c1-11(16(20)18-4-8-25(21,22)9-5-18)17-14(19)10-13-15-12(2-6-23-13)3-7-24-15/h3,7,11,13H,2,4-6,8-10H2,1H3,(H,17,19)/t11-,13+/m1/s1. The zero-order chi connectivity index (χ0) is 18.0. The molecule has 7 nitrogen and oxygen atoms in total. The first-order chi connectivity index (χ1) is 11.9. The fraction of sp³-hybridized carbons (Fsp3) is 0.625. The fourth-order valence-electron chi connectivity index (χ4n) is 3.11. The van der Waals surface area contributed by atoms with Gasteiger partial charge in [0.2, 0.25) is 11.8 Å². The van der Waals surface area contributed by atoms with Gasteiger partial charge in [-0.2, -0.15) is 0 Å². The molecule has 2 atom stereocenters. The minimum atomic E-state index is -3.04. The van der Waals surface area contributed by atoms with Gasteiger partial charge in [0.15, 0.2) is 9.84 Å². The van der Waals surface area contributed by atoms with E-state index in [0.29, 0.717) is 6.61 Å². The third-order valence-corrected chi connectivity index (χ3v) is 7.20. The Kier molecular flexibility index (Phi) is 5.45. The highest BCUT2D eigenvalue weighted by Crippen LogP contribution is 2.33. The first-order valence-electron chi connectivity index (χ1n) is 8.32. The van der Waals surface area contributed by atoms with Crippen LogP contribution in [0.4, 0.5) is 0 Å². The van der Waals surface area contributed by atoms with Crippen LogP contribution in [0.1, 0.15) is 29.9 Å². The van der Waals surface area contributed by atoms with Crippen molar-refractivity contribution in [1.29, 1.82) is 0 Å². The second-order valence-electron chi connectivity index (χ2n) is 6.39. The first-order valence-corrected chi connectivity index (χ1v) is 11.0. The van der Waals surface area contributed by atoms with Gasteiger partial charge in [-0.1, -0.05) is 0 Å². The Morgan fingerprint density at radius 2 is 2.12 bits per heavy atom. The molecule has 0 aliphatic carbocycles. The average molecular weight is 386 g/mol. The first kappa shape index (κ1) is 18.3. The molecule has 3 rings (SSSR count). The molecule has 0 radical (unpaired) electrons. The van der Waals surface area contributed by atoms with Crippen molar-refractivity contribution < 1.29 is 22.7 Å². The van der Waals surface area contributed by atoms with Gasteiger partial charge in [0.25, 0.3) is 0 Å². The average Bonchev–Trinajstić information content (AvgIpc) is 3.04. The molecule has 0 spiro atoms. The number of ether oxygens (including phenoxy) is 1. The van der Waals surface area contributed by atoms with Crippen molar-refractivity contribution >= 4 is 33.0 Å². The zero-order valence-electron chi connectivity index (χ0n) is 14.1. The maximum atomic E-state index is 12.4. The van der Waals surface area contributed by atoms with Crippen LogP contribution in [0.25, 0.3) is 0 Å². The number of amides is 2. The number of nitrogens with zero attached hydrogens (tertiary/aromatic N) is 1. The molecular formula is C16H22N2O5S2. The maximum Gasteiger partial charge on any atom is 0.244 e. The summed E-state index contributed by atoms with van der Waals surface area (Å²) in [6, 6.07) is 1.38. The third kappa shape index (κ3) is 4.39. The summed E-state index contributed by atoms with van der Waals surface area (Å²) in [5, 5.41) is 4.71. The topological polar surface area (TPSA) is 92.8 Å². The van der Waals surface area contributed by atoms with Crippen molar-refractivity contribution in [3.8, 4) is 0 Å². The quantitative estimate of drug-likeness (QED) is 0.814. The summed E-state index contributed by atoms with van der Waals surface area (Å²) in [5.41, 5.74) is 1.23. The number of hydrogen-bond acceptors (Lipinski definition) is 6. The Morgan fingerprint density at radius 1 is 1.40 bits per heavy atom. The van der Waals surface area contributed by atoms with Crippen molar-refractivity contribution in [3.63, 3.8) is 0 Å². The molecule has 2 aliphatic rings. The van der Waals surface area contributed by atoms with Gasteiger partial charge in [-0.25, -0.2) is 8.42 Å². The van der Waals surface area contributed by atoms with Crippen LogP contribution in [-0.4, -0.2) is 62.4 Å². The molecule has 25 heavy (non-hydrogen) atoms. The SMILES string of the molecule is C[C@@H](NC(=O)C[C@@H]1OCCc2ccsc21)C(=O)N1CCS(=O)(=O)CC1. The Morgan fingerprint density at radius 3 is 2.84 bits per heavy atom. The van der Waals surface area contributed by atoms with Crippen LogP contribution in [-0.2, 0) is 30.6 Å². The second kappa shape index (κ2) is 7.43. The summed E-state index contributed by atoms with van der Waals surface area (Å²) < 4.78 is 28.6. The van der Waals surface area contributed by atoms with Crippen LogP contribution >= 0.6 is 11.3 Å². The van der Waals surface area contributed by atoms with E-state index in [1.807, 2.05) is 5.38 Å². The largest absolute Gasteiger partial charge is 0.372 e. The third-order valence-electron chi connectivity index (χ3n) is 4.54. The molecule has 3 heterocycles. The molecule has 1 aromatic heterocycles. The molecule has 9 heteroatoms. The lowest BCUT2D eigenvalue weighted by atomic mass is 10.1. The molecule has 0 bridgehead atoms. The van der Waals surface area contributed by atoms with E-state index in [1.54, 1.807) is 18.3 Å². The minimum Gasteiger partial charge on any atom is -0.372 e. The predicted octanol–water partition coefficient (Wildman–Crippen LogP) is 0.514. The molecule has 0 unspecified atom stereocenters. The van der Waals surface area contributed by atoms with Crippen LogP contribution in [0.15, 0.2) is 11.4 Å². The molecule has 138 valence electrons. The Balaban J connectivity index is 1.52. The van der Waals surface area contributed by atoms with Crippen LogP contribution < -0.4 is 5.32 Å². The van der Waals surface area contributed by atoms with E-state index >= 15 is 0 Å². The van der Waals surface area contributed by atoms with Gasteiger partial charge >= 0.3 is 0 Å². The number of hydrogen-bond donors (Lipinski definition) is 1. The van der Waals surface area contributed by atoms with E-state index in [-0.39, 0.29) is 48.9 Å². The molecular weight excluding hydrogens is 364 g/mol. The number of rotatable bonds is 4. The van der Waals surface area contributed by atoms with Crippen molar-refractivity contribution in [1.82, 2.24) is 10.2 Å². The number of carbonyl (C=O) groups is 2. The number of carbonyl (C=O) groups excluding carboxylic acids is 2. The minimum absolute atomic E-state index is 0.0174. The summed E-state index contributed by atoms with van der Waals surface area (Å²) in [4.78, 5) is 27.3. The maximum absolute atomic E-state index is 12.4. The van der Waals surface area contributed by atoms with E-state index in [9.17, 15) is 18.0 Å². The summed E-state index contributed by atoms with van der Waals surface area (Å²) in [6.45, 7) is 2.59. The highest BCUT2D eigenvalue weighted by molar-refractivity contribution is 7.91. The monoisotopic (exact) mass is 386 g/mol. The molecule has 2 aliphatic heterocycles. The Bertz CT molecular complexity index is 744. The van der Waals surface area contributed by atoms with Crippen LogP contribution in [0.3, 0.4) is 0 Å². The van der Waals surface area contributed by atoms with Crippen LogP contribution in [0.5, 0.6) is 0 Å². The lowest BCUT2D eigenvalue weighted by Gasteiger charge is -2.29. The lowest BCUT2D eigenvalue weighted by molar-refractivity contribution is -0.136. The molecule has 1 aromatic rings. The number of sulfone groups is 1. The van der Waals surface area contributed by atoms with Gasteiger partial charge in [0, 0.05) is 18.0 Å². The van der Waals surface area contributed by atoms with Gasteiger partial charge < -0.3 is 15.0 Å². The predicted molar refractivity (Wildman–Crippen MR) is 94.2 cm³/mol. The van der Waals surface area contributed by atoms with E-state index < -0.39 is 15.9 Å². The fourth-order valence-corrected chi connectivity index (χ4v) is 5.32. The number of thiophene rings is 1. The van der Waals surface area contributed by atoms with Crippen molar-refractivity contribution in [2.24, 2.45) is 0 Å². The van der Waals surface area contributed by atoms with Crippen LogP contribution in [0.2, 0.25) is 0 Å². The highest BCUT2D eigenvalue weighted by Gasteiger charge is 2.30. The van der Waals surface area contributed by atoms with E-state index in [0.717, 1.165) is 11.3 Å². The van der Waals surface area contributed by atoms with E-state index in [2.05, 4.69) is 11.4 Å². The van der Waals surface area contributed by atoms with Gasteiger partial charge in [0.1, 0.15) is 12.1 Å². The summed E-state index contributed by atoms with van der Waals surface area (Å²) >= 11 is 1.59. The molecule has 1 fully saturated rings.